The van der Waals surface area contributed by atoms with E-state index in [0.717, 1.165) is 18.8 Å². The number of nitrogens with one attached hydrogen (secondary N) is 1. The lowest BCUT2D eigenvalue weighted by molar-refractivity contribution is -0.144. The summed E-state index contributed by atoms with van der Waals surface area (Å²) in [6.45, 7) is 2.83. The van der Waals surface area contributed by atoms with Crippen molar-refractivity contribution in [1.82, 2.24) is 9.97 Å². The van der Waals surface area contributed by atoms with Crippen molar-refractivity contribution in [3.8, 4) is 0 Å². The van der Waals surface area contributed by atoms with E-state index in [1.807, 2.05) is 0 Å². The first-order valence-corrected chi connectivity index (χ1v) is 7.34. The number of halogens is 3. The van der Waals surface area contributed by atoms with E-state index in [1.165, 1.54) is 25.3 Å². The topological polar surface area (TPSA) is 63.8 Å². The lowest BCUT2D eigenvalue weighted by Gasteiger charge is -2.28. The van der Waals surface area contributed by atoms with Gasteiger partial charge in [0.2, 0.25) is 5.82 Å². The highest BCUT2D eigenvalue weighted by atomic mass is 19.4. The van der Waals surface area contributed by atoms with E-state index in [1.54, 1.807) is 0 Å². The fraction of sp³-hybridized carbons (Fsp3) is 0.714. The van der Waals surface area contributed by atoms with Crippen LogP contribution in [0.1, 0.15) is 44.9 Å². The van der Waals surface area contributed by atoms with E-state index in [9.17, 15) is 13.2 Å². The Morgan fingerprint density at radius 1 is 1.19 bits per heavy atom. The first-order chi connectivity index (χ1) is 9.88. The minimum absolute atomic E-state index is 0.146. The molecule has 1 aliphatic carbocycles. The number of hydrogen-bond donors (Lipinski definition) is 2. The molecule has 1 saturated carbocycles. The summed E-state index contributed by atoms with van der Waals surface area (Å²) in [5.41, 5.74) is 5.41. The number of hydrogen-bond acceptors (Lipinski definition) is 4. The number of rotatable bonds is 4. The van der Waals surface area contributed by atoms with E-state index < -0.39 is 12.0 Å². The first-order valence-electron chi connectivity index (χ1n) is 7.34. The third kappa shape index (κ3) is 4.47. The highest BCUT2D eigenvalue weighted by molar-refractivity contribution is 5.44. The molecule has 1 aliphatic rings. The van der Waals surface area contributed by atoms with E-state index in [4.69, 9.17) is 5.73 Å². The summed E-state index contributed by atoms with van der Waals surface area (Å²) in [7, 11) is 0. The SMILES string of the molecule is CCC1CCC(CNc2cc(N)nc(C(F)(F)F)n2)CC1. The van der Waals surface area contributed by atoms with Gasteiger partial charge in [0.25, 0.3) is 0 Å². The van der Waals surface area contributed by atoms with Crippen LogP contribution in [-0.2, 0) is 6.18 Å². The Balaban J connectivity index is 1.93. The van der Waals surface area contributed by atoms with Gasteiger partial charge in [0.1, 0.15) is 11.6 Å². The Morgan fingerprint density at radius 2 is 1.81 bits per heavy atom. The minimum Gasteiger partial charge on any atom is -0.384 e. The fourth-order valence-electron chi connectivity index (χ4n) is 2.78. The van der Waals surface area contributed by atoms with Crippen LogP contribution in [-0.4, -0.2) is 16.5 Å². The zero-order valence-corrected chi connectivity index (χ0v) is 12.1. The molecule has 21 heavy (non-hydrogen) atoms. The number of nitrogen functional groups attached to an aromatic ring is 1. The molecule has 0 aromatic carbocycles. The maximum Gasteiger partial charge on any atom is 0.451 e. The van der Waals surface area contributed by atoms with Gasteiger partial charge in [-0.1, -0.05) is 26.2 Å². The minimum atomic E-state index is -4.58. The van der Waals surface area contributed by atoms with Crippen molar-refractivity contribution >= 4 is 11.6 Å². The fourth-order valence-corrected chi connectivity index (χ4v) is 2.78. The summed E-state index contributed by atoms with van der Waals surface area (Å²) < 4.78 is 37.8. The monoisotopic (exact) mass is 302 g/mol. The van der Waals surface area contributed by atoms with Crippen molar-refractivity contribution in [1.29, 1.82) is 0 Å². The third-order valence-electron chi connectivity index (χ3n) is 4.12. The van der Waals surface area contributed by atoms with Gasteiger partial charge in [-0.3, -0.25) is 0 Å². The van der Waals surface area contributed by atoms with E-state index >= 15 is 0 Å². The van der Waals surface area contributed by atoms with Crippen molar-refractivity contribution < 1.29 is 13.2 Å². The number of anilines is 2. The van der Waals surface area contributed by atoms with Crippen molar-refractivity contribution in [2.45, 2.75) is 45.2 Å². The van der Waals surface area contributed by atoms with Crippen LogP contribution in [0.25, 0.3) is 0 Å². The molecule has 1 fully saturated rings. The number of nitrogens with zero attached hydrogens (tertiary/aromatic N) is 2. The van der Waals surface area contributed by atoms with Gasteiger partial charge in [0.05, 0.1) is 0 Å². The normalized spacial score (nSPS) is 23.0. The predicted molar refractivity (Wildman–Crippen MR) is 75.7 cm³/mol. The van der Waals surface area contributed by atoms with Crippen LogP contribution in [0, 0.1) is 11.8 Å². The molecule has 0 spiro atoms. The van der Waals surface area contributed by atoms with Crippen molar-refractivity contribution in [3.05, 3.63) is 11.9 Å². The maximum absolute atomic E-state index is 12.6. The van der Waals surface area contributed by atoms with Gasteiger partial charge in [-0.15, -0.1) is 0 Å². The number of aromatic nitrogens is 2. The summed E-state index contributed by atoms with van der Waals surface area (Å²) in [5.74, 6) is 0.0627. The second-order valence-electron chi connectivity index (χ2n) is 5.68. The average molecular weight is 302 g/mol. The Hall–Kier alpha value is -1.53. The van der Waals surface area contributed by atoms with Gasteiger partial charge < -0.3 is 11.1 Å². The van der Waals surface area contributed by atoms with Crippen molar-refractivity contribution in [3.63, 3.8) is 0 Å². The highest BCUT2D eigenvalue weighted by Crippen LogP contribution is 2.31. The van der Waals surface area contributed by atoms with Crippen LogP contribution < -0.4 is 11.1 Å². The second-order valence-corrected chi connectivity index (χ2v) is 5.68. The van der Waals surface area contributed by atoms with E-state index in [2.05, 4.69) is 22.2 Å². The predicted octanol–water partition coefficient (Wildman–Crippen LogP) is 3.71. The zero-order chi connectivity index (χ0) is 15.5. The Labute approximate surface area is 122 Å². The van der Waals surface area contributed by atoms with E-state index in [-0.39, 0.29) is 11.6 Å². The standard InChI is InChI=1S/C14H21F3N4/c1-2-9-3-5-10(6-4-9)8-19-12-7-11(18)20-13(21-12)14(15,16)17/h7,9-10H,2-6,8H2,1H3,(H3,18,19,20,21). The lowest BCUT2D eigenvalue weighted by Crippen LogP contribution is -2.22. The Kier molecular flexibility index (Phi) is 4.90. The van der Waals surface area contributed by atoms with Crippen LogP contribution in [0.2, 0.25) is 0 Å². The number of nitrogens with two attached hydrogens (primary N) is 1. The molecule has 4 nitrogen and oxygen atoms in total. The molecule has 0 radical (unpaired) electrons. The van der Waals surface area contributed by atoms with Gasteiger partial charge in [-0.2, -0.15) is 13.2 Å². The first kappa shape index (κ1) is 15.9. The molecule has 1 aromatic rings. The van der Waals surface area contributed by atoms with Gasteiger partial charge in [-0.05, 0) is 24.7 Å². The summed E-state index contributed by atoms with van der Waals surface area (Å²) in [6.07, 6.45) is 1.24. The van der Waals surface area contributed by atoms with Gasteiger partial charge in [0.15, 0.2) is 0 Å². The average Bonchev–Trinajstić information content (AvgIpc) is 2.44. The van der Waals surface area contributed by atoms with Crippen LogP contribution in [0.5, 0.6) is 0 Å². The zero-order valence-electron chi connectivity index (χ0n) is 12.1. The largest absolute Gasteiger partial charge is 0.451 e. The molecule has 0 saturated heterocycles. The summed E-state index contributed by atoms with van der Waals surface area (Å²) >= 11 is 0. The molecule has 2 rings (SSSR count). The van der Waals surface area contributed by atoms with Crippen LogP contribution in [0.4, 0.5) is 24.8 Å². The molecule has 0 unspecified atom stereocenters. The number of alkyl halides is 3. The highest BCUT2D eigenvalue weighted by Gasteiger charge is 2.35. The molecule has 7 heteroatoms. The van der Waals surface area contributed by atoms with Crippen molar-refractivity contribution in [2.24, 2.45) is 11.8 Å². The Bertz CT molecular complexity index is 468. The summed E-state index contributed by atoms with van der Waals surface area (Å²) in [6, 6.07) is 1.34. The maximum atomic E-state index is 12.6. The molecule has 3 N–H and O–H groups in total. The molecule has 0 amide bonds. The van der Waals surface area contributed by atoms with Gasteiger partial charge in [-0.25, -0.2) is 9.97 Å². The molecule has 1 heterocycles. The van der Waals surface area contributed by atoms with Gasteiger partial charge >= 0.3 is 6.18 Å². The summed E-state index contributed by atoms with van der Waals surface area (Å²) in [4.78, 5) is 6.72. The smallest absolute Gasteiger partial charge is 0.384 e. The second kappa shape index (κ2) is 6.49. The third-order valence-corrected chi connectivity index (χ3v) is 4.12. The Morgan fingerprint density at radius 3 is 2.38 bits per heavy atom. The molecule has 0 aliphatic heterocycles. The van der Waals surface area contributed by atoms with Crippen LogP contribution in [0.3, 0.4) is 0 Å². The van der Waals surface area contributed by atoms with Gasteiger partial charge in [0, 0.05) is 12.6 Å². The molecular weight excluding hydrogens is 281 g/mol. The van der Waals surface area contributed by atoms with E-state index in [0.29, 0.717) is 12.5 Å². The molecule has 1 aromatic heterocycles. The molecule has 0 bridgehead atoms. The lowest BCUT2D eigenvalue weighted by atomic mass is 9.81. The van der Waals surface area contributed by atoms with Crippen LogP contribution in [0.15, 0.2) is 6.07 Å². The summed E-state index contributed by atoms with van der Waals surface area (Å²) in [5, 5.41) is 2.97. The van der Waals surface area contributed by atoms with Crippen LogP contribution >= 0.6 is 0 Å². The van der Waals surface area contributed by atoms with Crippen molar-refractivity contribution in [2.75, 3.05) is 17.6 Å². The quantitative estimate of drug-likeness (QED) is 0.890. The molecule has 0 atom stereocenters. The molecule has 118 valence electrons. The molecular formula is C14H21F3N4.